The van der Waals surface area contributed by atoms with Gasteiger partial charge in [0.25, 0.3) is 5.60 Å². The van der Waals surface area contributed by atoms with Gasteiger partial charge in [-0.05, 0) is 12.3 Å². The average Bonchev–Trinajstić information content (AvgIpc) is 2.46. The number of halogens is 3. The Hall–Kier alpha value is -1.56. The van der Waals surface area contributed by atoms with Crippen molar-refractivity contribution in [2.24, 2.45) is 5.92 Å². The van der Waals surface area contributed by atoms with Crippen molar-refractivity contribution >= 4 is 5.97 Å². The number of carbonyl (C=O) groups excluding carboxylic acids is 1. The Morgan fingerprint density at radius 1 is 1.23 bits per heavy atom. The molecule has 0 spiro atoms. The number of carbonyl (C=O) groups is 1. The number of methoxy groups -OCH3 is 1. The second kappa shape index (κ2) is 7.63. The van der Waals surface area contributed by atoms with Gasteiger partial charge in [-0.15, -0.1) is 0 Å². The van der Waals surface area contributed by atoms with E-state index in [2.05, 4.69) is 4.74 Å². The molecule has 0 aliphatic carbocycles. The van der Waals surface area contributed by atoms with Crippen molar-refractivity contribution in [3.8, 4) is 0 Å². The number of rotatable bonds is 7. The maximum Gasteiger partial charge on any atom is 0.432 e. The predicted molar refractivity (Wildman–Crippen MR) is 76.2 cm³/mol. The molecule has 1 aromatic rings. The molecule has 0 bridgehead atoms. The molecule has 0 saturated heterocycles. The van der Waals surface area contributed by atoms with Crippen LogP contribution in [0.15, 0.2) is 30.3 Å². The van der Waals surface area contributed by atoms with Gasteiger partial charge in [-0.25, -0.2) is 4.79 Å². The summed E-state index contributed by atoms with van der Waals surface area (Å²) in [7, 11) is 0.858. The minimum absolute atomic E-state index is 0.00693. The van der Waals surface area contributed by atoms with Gasteiger partial charge in [0.2, 0.25) is 0 Å². The molecule has 0 unspecified atom stereocenters. The summed E-state index contributed by atoms with van der Waals surface area (Å²) in [5, 5.41) is 0. The molecule has 1 aromatic carbocycles. The smallest absolute Gasteiger partial charge is 0.432 e. The summed E-state index contributed by atoms with van der Waals surface area (Å²) in [6.45, 7) is 3.71. The SMILES string of the molecule is CCC[C@H](C)COC(=O)[C@](OC)(c1ccccc1)C(F)(F)F. The molecule has 2 atom stereocenters. The van der Waals surface area contributed by atoms with Crippen molar-refractivity contribution in [1.82, 2.24) is 0 Å². The minimum Gasteiger partial charge on any atom is -0.463 e. The first-order valence-corrected chi connectivity index (χ1v) is 7.14. The molecule has 124 valence electrons. The normalized spacial score (nSPS) is 15.9. The van der Waals surface area contributed by atoms with Gasteiger partial charge in [0.05, 0.1) is 6.61 Å². The number of hydrogen-bond donors (Lipinski definition) is 0. The topological polar surface area (TPSA) is 35.5 Å². The zero-order valence-electron chi connectivity index (χ0n) is 12.9. The molecule has 1 rings (SSSR count). The van der Waals surface area contributed by atoms with Gasteiger partial charge >= 0.3 is 12.1 Å². The van der Waals surface area contributed by atoms with E-state index in [0.717, 1.165) is 20.0 Å². The summed E-state index contributed by atoms with van der Waals surface area (Å²) in [6, 6.07) is 6.81. The fourth-order valence-electron chi connectivity index (χ4n) is 2.28. The zero-order valence-corrected chi connectivity index (χ0v) is 12.9. The third kappa shape index (κ3) is 3.80. The summed E-state index contributed by atoms with van der Waals surface area (Å²) in [4.78, 5) is 12.2. The highest BCUT2D eigenvalue weighted by molar-refractivity contribution is 5.82. The predicted octanol–water partition coefficient (Wildman–Crippen LogP) is 4.07. The number of esters is 1. The van der Waals surface area contributed by atoms with Crippen LogP contribution in [-0.2, 0) is 19.9 Å². The van der Waals surface area contributed by atoms with Crippen molar-refractivity contribution in [3.63, 3.8) is 0 Å². The van der Waals surface area contributed by atoms with Crippen LogP contribution in [0, 0.1) is 5.92 Å². The lowest BCUT2D eigenvalue weighted by Gasteiger charge is -2.32. The van der Waals surface area contributed by atoms with Crippen LogP contribution in [-0.4, -0.2) is 25.9 Å². The third-order valence-corrected chi connectivity index (χ3v) is 3.45. The zero-order chi connectivity index (χ0) is 16.8. The van der Waals surface area contributed by atoms with Gasteiger partial charge in [-0.3, -0.25) is 0 Å². The van der Waals surface area contributed by atoms with Crippen LogP contribution in [0.3, 0.4) is 0 Å². The first-order chi connectivity index (χ1) is 10.3. The van der Waals surface area contributed by atoms with Gasteiger partial charge in [0.15, 0.2) is 0 Å². The molecule has 0 aromatic heterocycles. The molecular weight excluding hydrogens is 297 g/mol. The van der Waals surface area contributed by atoms with Gasteiger partial charge in [-0.1, -0.05) is 50.6 Å². The number of alkyl halides is 3. The monoisotopic (exact) mass is 318 g/mol. The quantitative estimate of drug-likeness (QED) is 0.711. The Labute approximate surface area is 128 Å². The van der Waals surface area contributed by atoms with Crippen molar-refractivity contribution in [3.05, 3.63) is 35.9 Å². The molecule has 0 heterocycles. The van der Waals surface area contributed by atoms with Crippen LogP contribution in [0.5, 0.6) is 0 Å². The lowest BCUT2D eigenvalue weighted by molar-refractivity contribution is -0.276. The van der Waals surface area contributed by atoms with Crippen LogP contribution >= 0.6 is 0 Å². The van der Waals surface area contributed by atoms with Crippen LogP contribution in [0.25, 0.3) is 0 Å². The summed E-state index contributed by atoms with van der Waals surface area (Å²) >= 11 is 0. The average molecular weight is 318 g/mol. The maximum absolute atomic E-state index is 13.6. The highest BCUT2D eigenvalue weighted by Gasteiger charge is 2.64. The van der Waals surface area contributed by atoms with E-state index in [-0.39, 0.29) is 18.1 Å². The maximum atomic E-state index is 13.6. The number of ether oxygens (including phenoxy) is 2. The van der Waals surface area contributed by atoms with Crippen molar-refractivity contribution < 1.29 is 27.4 Å². The molecule has 3 nitrogen and oxygen atoms in total. The van der Waals surface area contributed by atoms with E-state index < -0.39 is 17.7 Å². The standard InChI is InChI=1S/C16H21F3O3/c1-4-8-12(2)11-22-14(20)15(21-3,16(17,18)19)13-9-6-5-7-10-13/h5-7,9-10,12H,4,8,11H2,1-3H3/t12-,15+/m0/s1. The Kier molecular flexibility index (Phi) is 6.41. The van der Waals surface area contributed by atoms with E-state index in [0.29, 0.717) is 0 Å². The molecule has 0 amide bonds. The summed E-state index contributed by atoms with van der Waals surface area (Å²) in [6.07, 6.45) is -3.29. The first kappa shape index (κ1) is 18.5. The fourth-order valence-corrected chi connectivity index (χ4v) is 2.28. The molecule has 0 fully saturated rings. The molecule has 0 radical (unpaired) electrons. The molecule has 6 heteroatoms. The number of hydrogen-bond acceptors (Lipinski definition) is 3. The van der Waals surface area contributed by atoms with E-state index in [9.17, 15) is 18.0 Å². The van der Waals surface area contributed by atoms with Gasteiger partial charge in [-0.2, -0.15) is 13.2 Å². The first-order valence-electron chi connectivity index (χ1n) is 7.14. The van der Waals surface area contributed by atoms with Crippen LogP contribution in [0.4, 0.5) is 13.2 Å². The fraction of sp³-hybridized carbons (Fsp3) is 0.562. The molecular formula is C16H21F3O3. The largest absolute Gasteiger partial charge is 0.463 e. The third-order valence-electron chi connectivity index (χ3n) is 3.45. The Balaban J connectivity index is 3.09. The molecule has 0 saturated carbocycles. The minimum atomic E-state index is -4.92. The second-order valence-electron chi connectivity index (χ2n) is 5.24. The Morgan fingerprint density at radius 2 is 1.82 bits per heavy atom. The molecule has 0 N–H and O–H groups in total. The Bertz CT molecular complexity index is 473. The van der Waals surface area contributed by atoms with Gasteiger partial charge in [0.1, 0.15) is 0 Å². The van der Waals surface area contributed by atoms with Gasteiger partial charge < -0.3 is 9.47 Å². The van der Waals surface area contributed by atoms with E-state index >= 15 is 0 Å². The summed E-state index contributed by atoms with van der Waals surface area (Å²) in [5.74, 6) is -1.44. The van der Waals surface area contributed by atoms with E-state index in [1.54, 1.807) is 6.07 Å². The highest BCUT2D eigenvalue weighted by atomic mass is 19.4. The molecule has 22 heavy (non-hydrogen) atoms. The van der Waals surface area contributed by atoms with Crippen LogP contribution < -0.4 is 0 Å². The Morgan fingerprint density at radius 3 is 2.27 bits per heavy atom. The van der Waals surface area contributed by atoms with Crippen molar-refractivity contribution in [2.45, 2.75) is 38.5 Å². The van der Waals surface area contributed by atoms with Crippen LogP contribution in [0.2, 0.25) is 0 Å². The summed E-state index contributed by atoms with van der Waals surface area (Å²) < 4.78 is 50.2. The summed E-state index contributed by atoms with van der Waals surface area (Å²) in [5.41, 5.74) is -3.39. The number of benzene rings is 1. The highest BCUT2D eigenvalue weighted by Crippen LogP contribution is 2.43. The van der Waals surface area contributed by atoms with Crippen LogP contribution in [0.1, 0.15) is 32.3 Å². The second-order valence-corrected chi connectivity index (χ2v) is 5.24. The van der Waals surface area contributed by atoms with Crippen molar-refractivity contribution in [2.75, 3.05) is 13.7 Å². The molecule has 0 aliphatic rings. The molecule has 0 aliphatic heterocycles. The van der Waals surface area contributed by atoms with E-state index in [1.807, 2.05) is 13.8 Å². The lowest BCUT2D eigenvalue weighted by Crippen LogP contribution is -2.52. The van der Waals surface area contributed by atoms with Crippen molar-refractivity contribution in [1.29, 1.82) is 0 Å². The lowest BCUT2D eigenvalue weighted by atomic mass is 9.92. The van der Waals surface area contributed by atoms with E-state index in [4.69, 9.17) is 4.74 Å². The van der Waals surface area contributed by atoms with Gasteiger partial charge in [0, 0.05) is 12.7 Å². The van der Waals surface area contributed by atoms with E-state index in [1.165, 1.54) is 24.3 Å².